The summed E-state index contributed by atoms with van der Waals surface area (Å²) in [6.07, 6.45) is 0. The molecular formula is C6H6ClNaO2SSe. The van der Waals surface area contributed by atoms with Crippen LogP contribution in [0.25, 0.3) is 0 Å². The summed E-state index contributed by atoms with van der Waals surface area (Å²) in [6, 6.07) is 6.02. The average Bonchev–Trinajstić information content (AvgIpc) is 1.86. The van der Waals surface area contributed by atoms with Crippen LogP contribution in [0.3, 0.4) is 0 Å². The van der Waals surface area contributed by atoms with E-state index in [1.54, 1.807) is 27.0 Å². The summed E-state index contributed by atoms with van der Waals surface area (Å²) in [5.41, 5.74) is 0. The maximum atomic E-state index is 10.9. The topological polar surface area (TPSA) is 34.1 Å². The number of halogens is 1. The number of rotatable bonds is 1. The molecule has 1 rings (SSSR count). The molecule has 6 heteroatoms. The Hall–Kier alpha value is 0.979. The zero-order chi connectivity index (χ0) is 8.48. The molecule has 0 atom stereocenters. The number of hydrogen-bond acceptors (Lipinski definition) is 2. The van der Waals surface area contributed by atoms with E-state index >= 15 is 0 Å². The van der Waals surface area contributed by atoms with E-state index in [1.807, 2.05) is 0 Å². The number of hydrogen-bond donors (Lipinski definition) is 0. The summed E-state index contributed by atoms with van der Waals surface area (Å²) in [5.74, 6) is 0. The standard InChI is InChI=1S/C6H5ClO2SSe.Na.H/c7-5-1-3-6(4-2-5)10(8,9)11;;/h1-4H,(H,8,9,11);;/q;+1;-1. The summed E-state index contributed by atoms with van der Waals surface area (Å²) < 4.78 is 21.7. The fourth-order valence-corrected chi connectivity index (χ4v) is 1.98. The summed E-state index contributed by atoms with van der Waals surface area (Å²) in [6.45, 7) is 0. The van der Waals surface area contributed by atoms with Crippen molar-refractivity contribution in [3.8, 4) is 0 Å². The molecule has 0 aliphatic carbocycles. The normalized spacial score (nSPS) is 10.5. The second kappa shape index (κ2) is 5.01. The minimum absolute atomic E-state index is 0. The second-order valence-electron chi connectivity index (χ2n) is 1.93. The van der Waals surface area contributed by atoms with Crippen molar-refractivity contribution in [1.29, 1.82) is 0 Å². The molecule has 0 spiro atoms. The predicted molar refractivity (Wildman–Crippen MR) is 46.9 cm³/mol. The van der Waals surface area contributed by atoms with Crippen molar-refractivity contribution in [2.24, 2.45) is 0 Å². The molecule has 0 aliphatic rings. The van der Waals surface area contributed by atoms with E-state index in [2.05, 4.69) is 0 Å². The van der Waals surface area contributed by atoms with Gasteiger partial charge < -0.3 is 1.43 Å². The molecule has 2 nitrogen and oxygen atoms in total. The summed E-state index contributed by atoms with van der Waals surface area (Å²) in [5, 5.41) is 0.532. The molecule has 1 aromatic rings. The van der Waals surface area contributed by atoms with Crippen LogP contribution < -0.4 is 29.6 Å². The molecule has 0 heterocycles. The Labute approximate surface area is 107 Å². The maximum absolute atomic E-state index is 10.9. The summed E-state index contributed by atoms with van der Waals surface area (Å²) >= 11 is 7.18. The Morgan fingerprint density at radius 1 is 1.25 bits per heavy atom. The molecule has 0 aromatic heterocycles. The Balaban J connectivity index is 0. The van der Waals surface area contributed by atoms with Crippen LogP contribution in [-0.4, -0.2) is 23.3 Å². The fraction of sp³-hybridized carbons (Fsp3) is 0. The Bertz CT molecular complexity index is 353. The first kappa shape index (κ1) is 13.0. The van der Waals surface area contributed by atoms with Crippen molar-refractivity contribution in [1.82, 2.24) is 0 Å². The summed E-state index contributed by atoms with van der Waals surface area (Å²) in [7, 11) is -3.14. The molecular weight excluding hydrogens is 274 g/mol. The van der Waals surface area contributed by atoms with Crippen molar-refractivity contribution in [2.75, 3.05) is 0 Å². The monoisotopic (exact) mass is 280 g/mol. The van der Waals surface area contributed by atoms with E-state index in [-0.39, 0.29) is 35.9 Å². The van der Waals surface area contributed by atoms with Crippen LogP contribution in [0.2, 0.25) is 5.02 Å². The van der Waals surface area contributed by atoms with Gasteiger partial charge in [-0.25, -0.2) is 0 Å². The van der Waals surface area contributed by atoms with Crippen LogP contribution in [0.15, 0.2) is 29.2 Å². The molecule has 1 aromatic carbocycles. The van der Waals surface area contributed by atoms with Crippen LogP contribution in [-0.2, 0) is 8.26 Å². The van der Waals surface area contributed by atoms with Crippen LogP contribution >= 0.6 is 11.6 Å². The Morgan fingerprint density at radius 3 is 2.00 bits per heavy atom. The minimum atomic E-state index is -3.14. The predicted octanol–water partition coefficient (Wildman–Crippen LogP) is -1.95. The molecule has 0 aliphatic heterocycles. The van der Waals surface area contributed by atoms with E-state index < -0.39 is 8.26 Å². The molecule has 12 heavy (non-hydrogen) atoms. The van der Waals surface area contributed by atoms with Gasteiger partial charge >= 0.3 is 107 Å². The number of benzene rings is 1. The van der Waals surface area contributed by atoms with Crippen LogP contribution in [0.4, 0.5) is 0 Å². The van der Waals surface area contributed by atoms with E-state index in [0.717, 1.165) is 0 Å². The fourth-order valence-electron chi connectivity index (χ4n) is 0.607. The quantitative estimate of drug-likeness (QED) is 0.560. The second-order valence-corrected chi connectivity index (χ2v) is 6.81. The third-order valence-corrected chi connectivity index (χ3v) is 3.56. The van der Waals surface area contributed by atoms with Gasteiger partial charge in [0.1, 0.15) is 0 Å². The van der Waals surface area contributed by atoms with Crippen molar-refractivity contribution in [2.45, 2.75) is 4.90 Å². The van der Waals surface area contributed by atoms with E-state index in [1.165, 1.54) is 12.1 Å². The molecule has 0 N–H and O–H groups in total. The van der Waals surface area contributed by atoms with Gasteiger partial charge in [0.2, 0.25) is 0 Å². The largest absolute Gasteiger partial charge is 1.00 e. The van der Waals surface area contributed by atoms with Gasteiger partial charge in [-0.2, -0.15) is 0 Å². The van der Waals surface area contributed by atoms with Crippen molar-refractivity contribution in [3.63, 3.8) is 0 Å². The molecule has 0 unspecified atom stereocenters. The molecule has 0 fully saturated rings. The third kappa shape index (κ3) is 3.79. The Kier molecular flexibility index (Phi) is 5.42. The SMILES string of the molecule is O=S(=O)([SeH])c1ccc(Cl)cc1.[H-].[Na+]. The molecule has 0 amide bonds. The molecule has 0 radical (unpaired) electrons. The van der Waals surface area contributed by atoms with Gasteiger partial charge in [-0.15, -0.1) is 0 Å². The molecule has 0 saturated heterocycles. The van der Waals surface area contributed by atoms with Crippen LogP contribution in [0.1, 0.15) is 1.43 Å². The molecule has 0 saturated carbocycles. The molecule has 62 valence electrons. The smallest absolute Gasteiger partial charge is 1.00 e. The van der Waals surface area contributed by atoms with Gasteiger partial charge in [-0.3, -0.25) is 0 Å². The Morgan fingerprint density at radius 2 is 1.67 bits per heavy atom. The van der Waals surface area contributed by atoms with Gasteiger partial charge in [0, 0.05) is 0 Å². The summed E-state index contributed by atoms with van der Waals surface area (Å²) in [4.78, 5) is 0.266. The van der Waals surface area contributed by atoms with Gasteiger partial charge in [0.05, 0.1) is 0 Å². The van der Waals surface area contributed by atoms with Crippen molar-refractivity contribution < 1.29 is 39.4 Å². The first-order chi connectivity index (χ1) is 5.00. The van der Waals surface area contributed by atoms with Gasteiger partial charge in [0.25, 0.3) is 0 Å². The van der Waals surface area contributed by atoms with Crippen LogP contribution in [0, 0.1) is 0 Å². The van der Waals surface area contributed by atoms with Gasteiger partial charge in [0.15, 0.2) is 0 Å². The first-order valence-corrected chi connectivity index (χ1v) is 6.85. The van der Waals surface area contributed by atoms with E-state index in [4.69, 9.17) is 11.6 Å². The van der Waals surface area contributed by atoms with Gasteiger partial charge in [-0.1, -0.05) is 0 Å². The average molecular weight is 280 g/mol. The van der Waals surface area contributed by atoms with Crippen LogP contribution in [0.5, 0.6) is 0 Å². The van der Waals surface area contributed by atoms with E-state index in [0.29, 0.717) is 5.02 Å². The zero-order valence-electron chi connectivity index (χ0n) is 7.36. The molecule has 0 bridgehead atoms. The van der Waals surface area contributed by atoms with E-state index in [9.17, 15) is 8.42 Å². The van der Waals surface area contributed by atoms with Gasteiger partial charge in [-0.05, 0) is 0 Å². The minimum Gasteiger partial charge on any atom is -1.00 e. The maximum Gasteiger partial charge on any atom is 1.00 e. The first-order valence-electron chi connectivity index (χ1n) is 2.73. The van der Waals surface area contributed by atoms with Crippen molar-refractivity contribution in [3.05, 3.63) is 29.3 Å². The third-order valence-electron chi connectivity index (χ3n) is 1.11. The van der Waals surface area contributed by atoms with Crippen molar-refractivity contribution >= 4 is 34.7 Å². The zero-order valence-corrected chi connectivity index (χ0v) is 11.8.